The molecule has 0 bridgehead atoms. The Bertz CT molecular complexity index is 436. The highest BCUT2D eigenvalue weighted by atomic mass is 35.5. The van der Waals surface area contributed by atoms with Crippen molar-refractivity contribution in [3.8, 4) is 0 Å². The van der Waals surface area contributed by atoms with Crippen LogP contribution in [0.2, 0.25) is 5.02 Å². The Kier molecular flexibility index (Phi) is 5.77. The number of halogens is 3. The zero-order chi connectivity index (χ0) is 12.4. The van der Waals surface area contributed by atoms with Gasteiger partial charge in [-0.05, 0) is 42.5 Å². The molecule has 5 heteroatoms. The van der Waals surface area contributed by atoms with Crippen molar-refractivity contribution in [2.24, 2.45) is 5.92 Å². The Hall–Kier alpha value is -0.440. The van der Waals surface area contributed by atoms with Gasteiger partial charge in [-0.15, -0.1) is 24.0 Å². The topological polar surface area (TPSA) is 20.3 Å². The third-order valence-electron chi connectivity index (χ3n) is 3.20. The molecule has 1 aromatic rings. The SMILES string of the molecule is CN1CC(CCCl)Cc2cc(Cl)ccc2C1=O.Cl. The van der Waals surface area contributed by atoms with Gasteiger partial charge in [0.15, 0.2) is 0 Å². The van der Waals surface area contributed by atoms with Gasteiger partial charge in [0.2, 0.25) is 0 Å². The summed E-state index contributed by atoms with van der Waals surface area (Å²) in [5.74, 6) is 1.12. The number of carbonyl (C=O) groups is 1. The van der Waals surface area contributed by atoms with E-state index in [0.29, 0.717) is 16.8 Å². The van der Waals surface area contributed by atoms with Crippen molar-refractivity contribution in [3.63, 3.8) is 0 Å². The van der Waals surface area contributed by atoms with Gasteiger partial charge in [0.05, 0.1) is 0 Å². The molecule has 1 unspecified atom stereocenters. The van der Waals surface area contributed by atoms with Gasteiger partial charge in [0, 0.05) is 30.1 Å². The molecule has 0 aromatic heterocycles. The second-order valence-corrected chi connectivity index (χ2v) is 5.35. The highest BCUT2D eigenvalue weighted by Crippen LogP contribution is 2.25. The number of amides is 1. The average molecular weight is 309 g/mol. The summed E-state index contributed by atoms with van der Waals surface area (Å²) in [4.78, 5) is 13.9. The third kappa shape index (κ3) is 3.31. The van der Waals surface area contributed by atoms with Crippen LogP contribution < -0.4 is 0 Å². The average Bonchev–Trinajstić information content (AvgIpc) is 2.38. The second-order valence-electron chi connectivity index (χ2n) is 4.53. The van der Waals surface area contributed by atoms with Crippen LogP contribution in [0.1, 0.15) is 22.3 Å². The van der Waals surface area contributed by atoms with E-state index in [1.165, 1.54) is 0 Å². The maximum Gasteiger partial charge on any atom is 0.253 e. The molecule has 100 valence electrons. The van der Waals surface area contributed by atoms with E-state index in [4.69, 9.17) is 23.2 Å². The highest BCUT2D eigenvalue weighted by molar-refractivity contribution is 6.30. The molecule has 1 amide bonds. The molecule has 1 aliphatic heterocycles. The van der Waals surface area contributed by atoms with Gasteiger partial charge in [-0.3, -0.25) is 4.79 Å². The van der Waals surface area contributed by atoms with Crippen LogP contribution in [0.15, 0.2) is 18.2 Å². The molecule has 0 fully saturated rings. The summed E-state index contributed by atoms with van der Waals surface area (Å²) < 4.78 is 0. The number of hydrogen-bond acceptors (Lipinski definition) is 1. The van der Waals surface area contributed by atoms with E-state index >= 15 is 0 Å². The van der Waals surface area contributed by atoms with Crippen LogP contribution >= 0.6 is 35.6 Å². The first kappa shape index (κ1) is 15.6. The zero-order valence-electron chi connectivity index (χ0n) is 10.2. The Morgan fingerprint density at radius 1 is 1.44 bits per heavy atom. The van der Waals surface area contributed by atoms with Gasteiger partial charge in [-0.1, -0.05) is 11.6 Å². The van der Waals surface area contributed by atoms with Crippen molar-refractivity contribution >= 4 is 41.5 Å². The van der Waals surface area contributed by atoms with E-state index in [9.17, 15) is 4.79 Å². The van der Waals surface area contributed by atoms with E-state index < -0.39 is 0 Å². The van der Waals surface area contributed by atoms with Crippen molar-refractivity contribution in [1.82, 2.24) is 4.90 Å². The van der Waals surface area contributed by atoms with Crippen molar-refractivity contribution < 1.29 is 4.79 Å². The van der Waals surface area contributed by atoms with E-state index in [1.807, 2.05) is 19.2 Å². The van der Waals surface area contributed by atoms with E-state index in [-0.39, 0.29) is 18.3 Å². The Morgan fingerprint density at radius 3 is 2.83 bits per heavy atom. The first-order valence-electron chi connectivity index (χ1n) is 5.71. The fourth-order valence-corrected chi connectivity index (χ4v) is 2.84. The minimum Gasteiger partial charge on any atom is -0.341 e. The van der Waals surface area contributed by atoms with E-state index in [0.717, 1.165) is 30.5 Å². The zero-order valence-corrected chi connectivity index (χ0v) is 12.5. The van der Waals surface area contributed by atoms with Crippen molar-refractivity contribution in [1.29, 1.82) is 0 Å². The molecule has 0 saturated heterocycles. The van der Waals surface area contributed by atoms with Crippen molar-refractivity contribution in [2.45, 2.75) is 12.8 Å². The minimum atomic E-state index is 0. The van der Waals surface area contributed by atoms with Gasteiger partial charge in [0.1, 0.15) is 0 Å². The number of benzene rings is 1. The van der Waals surface area contributed by atoms with Gasteiger partial charge < -0.3 is 4.90 Å². The molecule has 2 rings (SSSR count). The normalized spacial score (nSPS) is 18.9. The van der Waals surface area contributed by atoms with Gasteiger partial charge in [-0.25, -0.2) is 0 Å². The number of carbonyl (C=O) groups excluding carboxylic acids is 1. The highest BCUT2D eigenvalue weighted by Gasteiger charge is 2.25. The lowest BCUT2D eigenvalue weighted by Gasteiger charge is -2.19. The molecule has 1 aromatic carbocycles. The Labute approximate surface area is 124 Å². The molecule has 18 heavy (non-hydrogen) atoms. The predicted molar refractivity (Wildman–Crippen MR) is 78.2 cm³/mol. The smallest absolute Gasteiger partial charge is 0.253 e. The van der Waals surface area contributed by atoms with Gasteiger partial charge in [0.25, 0.3) is 5.91 Å². The van der Waals surface area contributed by atoms with Crippen LogP contribution in [0.4, 0.5) is 0 Å². The van der Waals surface area contributed by atoms with Crippen LogP contribution in [-0.4, -0.2) is 30.3 Å². The molecule has 1 heterocycles. The summed E-state index contributed by atoms with van der Waals surface area (Å²) in [5.41, 5.74) is 1.82. The summed E-state index contributed by atoms with van der Waals surface area (Å²) in [7, 11) is 1.84. The lowest BCUT2D eigenvalue weighted by atomic mass is 9.95. The molecule has 0 spiro atoms. The van der Waals surface area contributed by atoms with Crippen molar-refractivity contribution in [3.05, 3.63) is 34.3 Å². The molecular weight excluding hydrogens is 293 g/mol. The molecular formula is C13H16Cl3NO. The third-order valence-corrected chi connectivity index (χ3v) is 3.66. The summed E-state index contributed by atoms with van der Waals surface area (Å²) >= 11 is 11.8. The standard InChI is InChI=1S/C13H15Cl2NO.ClH/c1-16-8-9(4-5-14)6-10-7-11(15)2-3-12(10)13(16)17;/h2-3,7,9H,4-6,8H2,1H3;1H. The summed E-state index contributed by atoms with van der Waals surface area (Å²) in [6.45, 7) is 0.762. The predicted octanol–water partition coefficient (Wildman–Crippen LogP) is 3.64. The van der Waals surface area contributed by atoms with Crippen LogP contribution in [0, 0.1) is 5.92 Å². The number of nitrogens with zero attached hydrogens (tertiary/aromatic N) is 1. The Morgan fingerprint density at radius 2 is 2.17 bits per heavy atom. The largest absolute Gasteiger partial charge is 0.341 e. The quantitative estimate of drug-likeness (QED) is 0.764. The maximum absolute atomic E-state index is 12.1. The number of rotatable bonds is 2. The lowest BCUT2D eigenvalue weighted by molar-refractivity contribution is 0.0782. The monoisotopic (exact) mass is 307 g/mol. The number of hydrogen-bond donors (Lipinski definition) is 0. The molecule has 0 aliphatic carbocycles. The molecule has 0 saturated carbocycles. The molecule has 1 atom stereocenters. The fourth-order valence-electron chi connectivity index (χ4n) is 2.34. The molecule has 0 N–H and O–H groups in total. The number of fused-ring (bicyclic) bond motifs is 1. The summed E-state index contributed by atoms with van der Waals surface area (Å²) in [6, 6.07) is 5.49. The first-order valence-corrected chi connectivity index (χ1v) is 6.63. The van der Waals surface area contributed by atoms with Crippen molar-refractivity contribution in [2.75, 3.05) is 19.5 Å². The van der Waals surface area contributed by atoms with Crippen LogP contribution in [0.3, 0.4) is 0 Å². The molecule has 2 nitrogen and oxygen atoms in total. The first-order chi connectivity index (χ1) is 8.11. The number of alkyl halides is 1. The van der Waals surface area contributed by atoms with Gasteiger partial charge >= 0.3 is 0 Å². The lowest BCUT2D eigenvalue weighted by Crippen LogP contribution is -2.29. The van der Waals surface area contributed by atoms with Crippen LogP contribution in [-0.2, 0) is 6.42 Å². The summed E-state index contributed by atoms with van der Waals surface area (Å²) in [6.07, 6.45) is 1.80. The maximum atomic E-state index is 12.1. The van der Waals surface area contributed by atoms with E-state index in [1.54, 1.807) is 11.0 Å². The van der Waals surface area contributed by atoms with Crippen LogP contribution in [0.5, 0.6) is 0 Å². The Balaban J connectivity index is 0.00000162. The molecule has 0 radical (unpaired) electrons. The second kappa shape index (κ2) is 6.65. The minimum absolute atomic E-state index is 0. The van der Waals surface area contributed by atoms with Gasteiger partial charge in [-0.2, -0.15) is 0 Å². The van der Waals surface area contributed by atoms with E-state index in [2.05, 4.69) is 0 Å². The summed E-state index contributed by atoms with van der Waals surface area (Å²) in [5, 5.41) is 0.686. The van der Waals surface area contributed by atoms with Crippen LogP contribution in [0.25, 0.3) is 0 Å². The molecule has 1 aliphatic rings. The fraction of sp³-hybridized carbons (Fsp3) is 0.462.